The number of hydrogen-bond acceptors (Lipinski definition) is 6. The van der Waals surface area contributed by atoms with Gasteiger partial charge < -0.3 is 28.7 Å². The van der Waals surface area contributed by atoms with Gasteiger partial charge >= 0.3 is 26.2 Å². The van der Waals surface area contributed by atoms with Crippen molar-refractivity contribution in [3.05, 3.63) is 36.4 Å². The minimum atomic E-state index is -5.39. The average Bonchev–Trinajstić information content (AvgIpc) is 2.32. The second kappa shape index (κ2) is 5.36. The van der Waals surface area contributed by atoms with Crippen LogP contribution < -0.4 is 30.2 Å². The Hall–Kier alpha value is -0.377. The zero-order chi connectivity index (χ0) is 14.7. The van der Waals surface area contributed by atoms with Gasteiger partial charge in [0.05, 0.1) is 0 Å². The topological polar surface area (TPSA) is 126 Å². The van der Waals surface area contributed by atoms with Crippen LogP contribution in [0.2, 0.25) is 0 Å². The van der Waals surface area contributed by atoms with Gasteiger partial charge in [-0.2, -0.15) is 0 Å². The summed E-state index contributed by atoms with van der Waals surface area (Å²) >= 11 is 0. The van der Waals surface area contributed by atoms with E-state index < -0.39 is 25.8 Å². The van der Waals surface area contributed by atoms with E-state index in [1.165, 1.54) is 6.07 Å². The van der Waals surface area contributed by atoms with Crippen LogP contribution in [-0.2, 0) is 35.3 Å². The molecule has 1 aliphatic carbocycles. The van der Waals surface area contributed by atoms with E-state index in [1.807, 2.05) is 0 Å². The van der Waals surface area contributed by atoms with Crippen molar-refractivity contribution >= 4 is 25.8 Å². The van der Waals surface area contributed by atoms with Crippen molar-refractivity contribution in [2.75, 3.05) is 0 Å². The van der Waals surface area contributed by atoms with Gasteiger partial charge in [-0.1, -0.05) is 36.4 Å². The molecule has 2 aromatic carbocycles. The van der Waals surface area contributed by atoms with E-state index >= 15 is 0 Å². The van der Waals surface area contributed by atoms with Crippen molar-refractivity contribution in [2.45, 2.75) is 0 Å². The summed E-state index contributed by atoms with van der Waals surface area (Å²) in [5.74, 6) is 0. The van der Waals surface area contributed by atoms with Crippen LogP contribution in [-0.4, -0.2) is 0 Å². The molecule has 0 unspecified atom stereocenters. The second-order valence-corrected chi connectivity index (χ2v) is 7.32. The summed E-state index contributed by atoms with van der Waals surface area (Å²) in [5.41, 5.74) is 1.66. The third kappa shape index (κ3) is 2.69. The van der Waals surface area contributed by atoms with Crippen molar-refractivity contribution < 1.29 is 54.9 Å². The minimum absolute atomic E-state index is 0. The Labute approximate surface area is 139 Å². The van der Waals surface area contributed by atoms with E-state index in [1.54, 1.807) is 24.3 Å². The maximum Gasteiger partial charge on any atom is 4.00 e. The number of hydrogen-bond donors (Lipinski definition) is 0. The molecule has 0 spiro atoms. The Bertz CT molecular complexity index is 822. The van der Waals surface area contributed by atoms with E-state index in [2.05, 4.69) is 0 Å². The Morgan fingerprint density at radius 1 is 0.714 bits per heavy atom. The Balaban J connectivity index is 0.00000161. The predicted molar refractivity (Wildman–Crippen MR) is 65.4 cm³/mol. The van der Waals surface area contributed by atoms with Crippen LogP contribution in [0.25, 0.3) is 22.3 Å². The van der Waals surface area contributed by atoms with Gasteiger partial charge in [0, 0.05) is 5.30 Å². The van der Waals surface area contributed by atoms with Gasteiger partial charge in [-0.25, -0.2) is 0 Å². The Morgan fingerprint density at radius 2 is 1.29 bits per heavy atom. The minimum Gasteiger partial charge on any atom is -0.807 e. The maximum absolute atomic E-state index is 11.4. The largest absolute Gasteiger partial charge is 4.00 e. The summed E-state index contributed by atoms with van der Waals surface area (Å²) in [4.78, 5) is 45.1. The van der Waals surface area contributed by atoms with Crippen molar-refractivity contribution in [3.63, 3.8) is 0 Å². The van der Waals surface area contributed by atoms with E-state index in [0.29, 0.717) is 11.1 Å². The summed E-state index contributed by atoms with van der Waals surface area (Å²) in [6.07, 6.45) is 0. The van der Waals surface area contributed by atoms with E-state index in [4.69, 9.17) is 0 Å². The summed E-state index contributed by atoms with van der Waals surface area (Å²) in [7, 11) is -10.7. The van der Waals surface area contributed by atoms with Crippen LogP contribution in [0.3, 0.4) is 0 Å². The number of fused-ring (bicyclic) bond motifs is 4. The molecule has 0 atom stereocenters. The molecule has 6 nitrogen and oxygen atoms in total. The first-order valence-electron chi connectivity index (χ1n) is 5.53. The first kappa shape index (κ1) is 17.0. The van der Waals surface area contributed by atoms with E-state index in [-0.39, 0.29) is 31.8 Å². The normalized spacial score (nSPS) is 12.8. The first-order chi connectivity index (χ1) is 9.21. The molecule has 104 valence electrons. The van der Waals surface area contributed by atoms with E-state index in [0.717, 1.165) is 11.6 Å². The van der Waals surface area contributed by atoms with Crippen LogP contribution >= 0.6 is 15.2 Å². The molecular weight excluding hydrogens is 393 g/mol. The molecule has 0 N–H and O–H groups in total. The molecule has 0 saturated carbocycles. The Kier molecular flexibility index (Phi) is 4.34. The number of benzene rings is 2. The van der Waals surface area contributed by atoms with Gasteiger partial charge in [0.25, 0.3) is 0 Å². The van der Waals surface area contributed by atoms with Crippen LogP contribution in [0.4, 0.5) is 0 Å². The molecule has 0 heterocycles. The fourth-order valence-electron chi connectivity index (χ4n) is 2.45. The van der Waals surface area contributed by atoms with Gasteiger partial charge in [0.15, 0.2) is 0 Å². The molecular formula is C12H6O6P2Zr. The average molecular weight is 399 g/mol. The molecule has 0 amide bonds. The first-order valence-corrected chi connectivity index (χ1v) is 8.62. The summed E-state index contributed by atoms with van der Waals surface area (Å²) in [6.45, 7) is 0. The second-order valence-electron chi connectivity index (χ2n) is 4.40. The van der Waals surface area contributed by atoms with E-state index in [9.17, 15) is 28.7 Å². The van der Waals surface area contributed by atoms with Crippen LogP contribution in [0.1, 0.15) is 0 Å². The monoisotopic (exact) mass is 398 g/mol. The molecule has 3 rings (SSSR count). The van der Waals surface area contributed by atoms with Crippen molar-refractivity contribution in [1.29, 1.82) is 0 Å². The van der Waals surface area contributed by atoms with Crippen LogP contribution in [0, 0.1) is 0 Å². The van der Waals surface area contributed by atoms with Crippen molar-refractivity contribution in [2.24, 2.45) is 0 Å². The molecule has 1 aliphatic rings. The summed E-state index contributed by atoms with van der Waals surface area (Å²) in [5, 5.41) is -1.87. The zero-order valence-corrected chi connectivity index (χ0v) is 14.6. The summed E-state index contributed by atoms with van der Waals surface area (Å²) in [6, 6.07) is 8.88. The molecule has 2 aromatic rings. The van der Waals surface area contributed by atoms with Gasteiger partial charge in [0.2, 0.25) is 0 Å². The molecule has 0 bridgehead atoms. The van der Waals surface area contributed by atoms with Crippen molar-refractivity contribution in [3.8, 4) is 22.3 Å². The number of rotatable bonds is 2. The van der Waals surface area contributed by atoms with Gasteiger partial charge in [-0.05, 0) is 42.7 Å². The third-order valence-corrected chi connectivity index (χ3v) is 5.36. The van der Waals surface area contributed by atoms with Crippen molar-refractivity contribution in [1.82, 2.24) is 0 Å². The fraction of sp³-hybridized carbons (Fsp3) is 0. The Morgan fingerprint density at radius 3 is 1.81 bits per heavy atom. The zero-order valence-electron chi connectivity index (χ0n) is 10.3. The molecule has 0 aromatic heterocycles. The smallest absolute Gasteiger partial charge is 0.807 e. The third-order valence-electron chi connectivity index (χ3n) is 3.21. The molecule has 0 radical (unpaired) electrons. The van der Waals surface area contributed by atoms with Gasteiger partial charge in [-0.15, -0.1) is 0 Å². The predicted octanol–water partition coefficient (Wildman–Crippen LogP) is -1.59. The van der Waals surface area contributed by atoms with Gasteiger partial charge in [-0.3, -0.25) is 0 Å². The van der Waals surface area contributed by atoms with Crippen LogP contribution in [0.15, 0.2) is 36.4 Å². The molecule has 0 aliphatic heterocycles. The van der Waals surface area contributed by atoms with Crippen LogP contribution in [0.5, 0.6) is 0 Å². The molecule has 21 heavy (non-hydrogen) atoms. The SMILES string of the molecule is O=P([O-])([O-])c1ccc2c(c1P(=O)([O-])[O-])-c1ccccc1-2.[Zr+4]. The molecule has 0 saturated heterocycles. The van der Waals surface area contributed by atoms with Gasteiger partial charge in [0.1, 0.15) is 0 Å². The molecule has 0 fully saturated rings. The maximum atomic E-state index is 11.4. The molecule has 9 heteroatoms. The fourth-order valence-corrected chi connectivity index (χ4v) is 4.68. The quantitative estimate of drug-likeness (QED) is 0.478. The standard InChI is InChI=1S/C12H10O6P2.Zr/c13-19(14,15)10-6-5-9-7-3-1-2-4-8(7)11(9)12(10)20(16,17)18;/h1-6H,(H2,13,14,15)(H2,16,17,18);/q;+4/p-4. The summed E-state index contributed by atoms with van der Waals surface area (Å²) < 4.78 is 22.6.